The maximum atomic E-state index is 12.7. The molecule has 2 fully saturated rings. The van der Waals surface area contributed by atoms with Crippen molar-refractivity contribution in [1.82, 2.24) is 14.4 Å². The molecule has 1 unspecified atom stereocenters. The smallest absolute Gasteiger partial charge is 0.270 e. The first-order chi connectivity index (χ1) is 11.1. The average molecular weight is 340 g/mol. The van der Waals surface area contributed by atoms with Crippen LogP contribution in [0.4, 0.5) is 0 Å². The molecular formula is C16H22ClN3O3. The number of aromatic nitrogens is 1. The van der Waals surface area contributed by atoms with E-state index in [4.69, 9.17) is 16.3 Å². The van der Waals surface area contributed by atoms with Crippen molar-refractivity contribution in [3.63, 3.8) is 0 Å². The molecule has 0 N–H and O–H groups in total. The Balaban J connectivity index is 1.66. The highest BCUT2D eigenvalue weighted by Crippen LogP contribution is 2.22. The van der Waals surface area contributed by atoms with E-state index in [9.17, 15) is 9.59 Å². The minimum atomic E-state index is -0.110. The molecule has 2 saturated heterocycles. The molecule has 1 aromatic heterocycles. The fourth-order valence-electron chi connectivity index (χ4n) is 3.30. The zero-order chi connectivity index (χ0) is 16.4. The second kappa shape index (κ2) is 6.93. The van der Waals surface area contributed by atoms with Gasteiger partial charge in [-0.05, 0) is 18.9 Å². The molecule has 0 radical (unpaired) electrons. The second-order valence-corrected chi connectivity index (χ2v) is 6.62. The van der Waals surface area contributed by atoms with Crippen molar-refractivity contribution in [2.24, 2.45) is 13.0 Å². The minimum Gasteiger partial charge on any atom is -0.378 e. The molecule has 0 saturated carbocycles. The van der Waals surface area contributed by atoms with E-state index in [1.807, 2.05) is 4.90 Å². The van der Waals surface area contributed by atoms with Gasteiger partial charge in [0.15, 0.2) is 0 Å². The fourth-order valence-corrected chi connectivity index (χ4v) is 3.55. The molecule has 2 aliphatic heterocycles. The van der Waals surface area contributed by atoms with E-state index >= 15 is 0 Å². The molecule has 126 valence electrons. The largest absolute Gasteiger partial charge is 0.378 e. The Hall–Kier alpha value is -1.53. The Bertz CT molecular complexity index is 595. The van der Waals surface area contributed by atoms with Crippen LogP contribution in [0.2, 0.25) is 5.02 Å². The van der Waals surface area contributed by atoms with Crippen LogP contribution in [-0.4, -0.2) is 65.6 Å². The number of rotatable bonds is 2. The van der Waals surface area contributed by atoms with Gasteiger partial charge in [-0.2, -0.15) is 0 Å². The minimum absolute atomic E-state index is 0.0566. The van der Waals surface area contributed by atoms with Crippen LogP contribution in [0.25, 0.3) is 0 Å². The number of hydrogen-bond acceptors (Lipinski definition) is 3. The third-order valence-electron chi connectivity index (χ3n) is 4.57. The third kappa shape index (κ3) is 3.53. The normalized spacial score (nSPS) is 22.3. The standard InChI is InChI=1S/C16H22ClN3O3/c1-18-11-13(17)9-14(18)16(22)20-4-2-3-12(10-20)15(21)19-5-7-23-8-6-19/h9,11-12H,2-8,10H2,1H3. The monoisotopic (exact) mass is 339 g/mol. The molecule has 6 nitrogen and oxygen atoms in total. The summed E-state index contributed by atoms with van der Waals surface area (Å²) in [4.78, 5) is 29.0. The van der Waals surface area contributed by atoms with Crippen LogP contribution in [0.15, 0.2) is 12.3 Å². The number of carbonyl (C=O) groups excluding carboxylic acids is 2. The zero-order valence-electron chi connectivity index (χ0n) is 13.3. The van der Waals surface area contributed by atoms with Crippen LogP contribution >= 0.6 is 11.6 Å². The number of morpholine rings is 1. The molecular weight excluding hydrogens is 318 g/mol. The van der Waals surface area contributed by atoms with Crippen molar-refractivity contribution in [2.75, 3.05) is 39.4 Å². The quantitative estimate of drug-likeness (QED) is 0.818. The van der Waals surface area contributed by atoms with E-state index in [1.165, 1.54) is 0 Å². The Morgan fingerprint density at radius 3 is 2.61 bits per heavy atom. The second-order valence-electron chi connectivity index (χ2n) is 6.18. The number of likely N-dealkylation sites (tertiary alicyclic amines) is 1. The van der Waals surface area contributed by atoms with E-state index in [2.05, 4.69) is 0 Å². The molecule has 0 aliphatic carbocycles. The van der Waals surface area contributed by atoms with Gasteiger partial charge in [-0.1, -0.05) is 11.6 Å². The lowest BCUT2D eigenvalue weighted by atomic mass is 9.96. The molecule has 0 spiro atoms. The maximum absolute atomic E-state index is 12.7. The van der Waals surface area contributed by atoms with E-state index in [0.29, 0.717) is 50.1 Å². The maximum Gasteiger partial charge on any atom is 0.270 e. The van der Waals surface area contributed by atoms with Crippen molar-refractivity contribution in [1.29, 1.82) is 0 Å². The van der Waals surface area contributed by atoms with E-state index in [1.54, 1.807) is 28.8 Å². The molecule has 1 aromatic rings. The van der Waals surface area contributed by atoms with E-state index in [-0.39, 0.29) is 17.7 Å². The van der Waals surface area contributed by atoms with Crippen molar-refractivity contribution >= 4 is 23.4 Å². The highest BCUT2D eigenvalue weighted by Gasteiger charge is 2.32. The van der Waals surface area contributed by atoms with Crippen LogP contribution in [0.5, 0.6) is 0 Å². The SMILES string of the molecule is Cn1cc(Cl)cc1C(=O)N1CCCC(C(=O)N2CCOCC2)C1. The topological polar surface area (TPSA) is 54.8 Å². The molecule has 2 amide bonds. The number of carbonyl (C=O) groups is 2. The fraction of sp³-hybridized carbons (Fsp3) is 0.625. The van der Waals surface area contributed by atoms with Gasteiger partial charge in [-0.3, -0.25) is 9.59 Å². The van der Waals surface area contributed by atoms with E-state index in [0.717, 1.165) is 12.8 Å². The summed E-state index contributed by atoms with van der Waals surface area (Å²) in [5.74, 6) is -0.0175. The highest BCUT2D eigenvalue weighted by atomic mass is 35.5. The Morgan fingerprint density at radius 2 is 1.96 bits per heavy atom. The first-order valence-corrected chi connectivity index (χ1v) is 8.41. The highest BCUT2D eigenvalue weighted by molar-refractivity contribution is 6.31. The molecule has 0 bridgehead atoms. The van der Waals surface area contributed by atoms with Gasteiger partial charge < -0.3 is 19.1 Å². The van der Waals surface area contributed by atoms with Crippen molar-refractivity contribution in [2.45, 2.75) is 12.8 Å². The Labute approximate surface area is 140 Å². The number of nitrogens with zero attached hydrogens (tertiary/aromatic N) is 3. The number of aryl methyl sites for hydroxylation is 1. The first kappa shape index (κ1) is 16.3. The van der Waals surface area contributed by atoms with Gasteiger partial charge in [0.1, 0.15) is 5.69 Å². The van der Waals surface area contributed by atoms with Crippen LogP contribution in [-0.2, 0) is 16.6 Å². The van der Waals surface area contributed by atoms with Crippen molar-refractivity contribution < 1.29 is 14.3 Å². The van der Waals surface area contributed by atoms with Gasteiger partial charge in [0.25, 0.3) is 5.91 Å². The van der Waals surface area contributed by atoms with Crippen LogP contribution in [0.3, 0.4) is 0 Å². The summed E-state index contributed by atoms with van der Waals surface area (Å²) < 4.78 is 7.03. The molecule has 1 atom stereocenters. The van der Waals surface area contributed by atoms with Gasteiger partial charge in [0, 0.05) is 39.4 Å². The zero-order valence-corrected chi connectivity index (χ0v) is 14.1. The summed E-state index contributed by atoms with van der Waals surface area (Å²) in [5.41, 5.74) is 0.564. The molecule has 3 heterocycles. The number of halogens is 1. The van der Waals surface area contributed by atoms with Crippen LogP contribution in [0, 0.1) is 5.92 Å². The Kier molecular flexibility index (Phi) is 4.92. The van der Waals surface area contributed by atoms with E-state index < -0.39 is 0 Å². The number of ether oxygens (including phenoxy) is 1. The summed E-state index contributed by atoms with van der Waals surface area (Å²) in [6, 6.07) is 1.68. The lowest BCUT2D eigenvalue weighted by Crippen LogP contribution is -2.49. The predicted molar refractivity (Wildman–Crippen MR) is 86.4 cm³/mol. The lowest BCUT2D eigenvalue weighted by molar-refractivity contribution is -0.141. The van der Waals surface area contributed by atoms with Crippen molar-refractivity contribution in [3.05, 3.63) is 23.0 Å². The van der Waals surface area contributed by atoms with Crippen LogP contribution < -0.4 is 0 Å². The summed E-state index contributed by atoms with van der Waals surface area (Å²) in [6.07, 6.45) is 3.41. The average Bonchev–Trinajstić information content (AvgIpc) is 2.93. The molecule has 23 heavy (non-hydrogen) atoms. The lowest BCUT2D eigenvalue weighted by Gasteiger charge is -2.36. The molecule has 3 rings (SSSR count). The number of amides is 2. The van der Waals surface area contributed by atoms with Gasteiger partial charge in [0.2, 0.25) is 5.91 Å². The molecule has 2 aliphatic rings. The first-order valence-electron chi connectivity index (χ1n) is 8.04. The van der Waals surface area contributed by atoms with Gasteiger partial charge in [0.05, 0.1) is 24.2 Å². The molecule has 0 aromatic carbocycles. The number of hydrogen-bond donors (Lipinski definition) is 0. The molecule has 7 heteroatoms. The summed E-state index contributed by atoms with van der Waals surface area (Å²) >= 11 is 5.97. The summed E-state index contributed by atoms with van der Waals surface area (Å²) in [5, 5.41) is 0.550. The van der Waals surface area contributed by atoms with Gasteiger partial charge >= 0.3 is 0 Å². The number of piperidine rings is 1. The van der Waals surface area contributed by atoms with Crippen molar-refractivity contribution in [3.8, 4) is 0 Å². The summed E-state index contributed by atoms with van der Waals surface area (Å²) in [6.45, 7) is 3.67. The van der Waals surface area contributed by atoms with Crippen LogP contribution in [0.1, 0.15) is 23.3 Å². The predicted octanol–water partition coefficient (Wildman–Crippen LogP) is 1.39. The summed E-state index contributed by atoms with van der Waals surface area (Å²) in [7, 11) is 1.80. The Morgan fingerprint density at radius 1 is 1.22 bits per heavy atom. The van der Waals surface area contributed by atoms with Gasteiger partial charge in [-0.15, -0.1) is 0 Å². The third-order valence-corrected chi connectivity index (χ3v) is 4.78. The van der Waals surface area contributed by atoms with Gasteiger partial charge in [-0.25, -0.2) is 0 Å².